The lowest BCUT2D eigenvalue weighted by Crippen LogP contribution is -2.17. The lowest BCUT2D eigenvalue weighted by Gasteiger charge is -2.13. The average Bonchev–Trinajstić information content (AvgIpc) is 2.30. The Morgan fingerprint density at radius 3 is 2.67 bits per heavy atom. The van der Waals surface area contributed by atoms with Crippen LogP contribution >= 0.6 is 0 Å². The number of carbonyl (C=O) groups excluding carboxylic acids is 1. The molecule has 0 radical (unpaired) electrons. The summed E-state index contributed by atoms with van der Waals surface area (Å²) in [5, 5.41) is 13.5. The van der Waals surface area contributed by atoms with E-state index in [1.165, 1.54) is 0 Å². The number of amides is 2. The van der Waals surface area contributed by atoms with Crippen LogP contribution in [0.3, 0.4) is 0 Å². The van der Waals surface area contributed by atoms with Crippen LogP contribution in [0.2, 0.25) is 0 Å². The second kappa shape index (κ2) is 6.48. The molecule has 1 rings (SSSR count). The molecule has 0 heterocycles. The van der Waals surface area contributed by atoms with Crippen LogP contribution in [0.15, 0.2) is 18.2 Å². The summed E-state index contributed by atoms with van der Waals surface area (Å²) in [7, 11) is 0. The molecule has 0 fully saturated rings. The monoisotopic (exact) mass is 252 g/mol. The van der Waals surface area contributed by atoms with Gasteiger partial charge in [0.15, 0.2) is 0 Å². The molecule has 2 amide bonds. The molecule has 0 aromatic heterocycles. The topological polar surface area (TPSA) is 87.7 Å². The van der Waals surface area contributed by atoms with E-state index in [2.05, 4.69) is 10.6 Å². The summed E-state index contributed by atoms with van der Waals surface area (Å²) in [6.45, 7) is 3.97. The van der Waals surface area contributed by atoms with Gasteiger partial charge >= 0.3 is 12.2 Å². The van der Waals surface area contributed by atoms with Gasteiger partial charge in [-0.3, -0.25) is 10.6 Å². The van der Waals surface area contributed by atoms with Crippen LogP contribution in [0, 0.1) is 6.92 Å². The first-order chi connectivity index (χ1) is 8.54. The van der Waals surface area contributed by atoms with Crippen molar-refractivity contribution in [3.05, 3.63) is 23.8 Å². The van der Waals surface area contributed by atoms with Gasteiger partial charge in [-0.25, -0.2) is 9.59 Å². The van der Waals surface area contributed by atoms with Crippen molar-refractivity contribution in [3.63, 3.8) is 0 Å². The number of hydrogen-bond acceptors (Lipinski definition) is 3. The van der Waals surface area contributed by atoms with Gasteiger partial charge in [0.05, 0.1) is 18.0 Å². The number of aryl methyl sites for hydroxylation is 1. The van der Waals surface area contributed by atoms with Crippen molar-refractivity contribution in [2.75, 3.05) is 17.2 Å². The van der Waals surface area contributed by atoms with E-state index in [-0.39, 0.29) is 0 Å². The molecule has 0 unspecified atom stereocenters. The minimum absolute atomic E-state index is 0.316. The summed E-state index contributed by atoms with van der Waals surface area (Å²) < 4.78 is 4.88. The van der Waals surface area contributed by atoms with Crippen LogP contribution in [0.25, 0.3) is 0 Å². The number of benzene rings is 1. The van der Waals surface area contributed by atoms with Crippen molar-refractivity contribution in [2.45, 2.75) is 20.3 Å². The highest BCUT2D eigenvalue weighted by molar-refractivity contribution is 5.95. The Labute approximate surface area is 105 Å². The highest BCUT2D eigenvalue weighted by Crippen LogP contribution is 2.25. The van der Waals surface area contributed by atoms with E-state index in [0.29, 0.717) is 18.0 Å². The van der Waals surface area contributed by atoms with Gasteiger partial charge in [-0.05, 0) is 25.0 Å². The molecule has 0 spiro atoms. The molecule has 6 nitrogen and oxygen atoms in total. The van der Waals surface area contributed by atoms with Crippen LogP contribution in [0.4, 0.5) is 21.0 Å². The highest BCUT2D eigenvalue weighted by Gasteiger charge is 2.11. The van der Waals surface area contributed by atoms with E-state index >= 15 is 0 Å². The van der Waals surface area contributed by atoms with Crippen molar-refractivity contribution >= 4 is 23.6 Å². The lowest BCUT2D eigenvalue weighted by atomic mass is 10.1. The fourth-order valence-electron chi connectivity index (χ4n) is 1.39. The van der Waals surface area contributed by atoms with Crippen LogP contribution < -0.4 is 10.6 Å². The van der Waals surface area contributed by atoms with Crippen molar-refractivity contribution in [1.82, 2.24) is 0 Å². The molecule has 1 aromatic rings. The zero-order chi connectivity index (χ0) is 13.5. The Bertz CT molecular complexity index is 446. The SMILES string of the molecule is CCCOC(=O)Nc1c(C)cccc1NC(=O)O. The Morgan fingerprint density at radius 1 is 1.33 bits per heavy atom. The summed E-state index contributed by atoms with van der Waals surface area (Å²) in [5.41, 5.74) is 1.46. The van der Waals surface area contributed by atoms with Gasteiger partial charge in [-0.1, -0.05) is 19.1 Å². The fraction of sp³-hybridized carbons (Fsp3) is 0.333. The molecule has 0 aliphatic heterocycles. The van der Waals surface area contributed by atoms with Crippen molar-refractivity contribution < 1.29 is 19.4 Å². The van der Waals surface area contributed by atoms with Gasteiger partial charge in [-0.15, -0.1) is 0 Å². The van der Waals surface area contributed by atoms with E-state index in [1.54, 1.807) is 25.1 Å². The minimum atomic E-state index is -1.19. The first-order valence-electron chi connectivity index (χ1n) is 5.58. The number of nitrogens with one attached hydrogen (secondary N) is 2. The van der Waals surface area contributed by atoms with Gasteiger partial charge in [-0.2, -0.15) is 0 Å². The predicted molar refractivity (Wildman–Crippen MR) is 68.1 cm³/mol. The lowest BCUT2D eigenvalue weighted by molar-refractivity contribution is 0.161. The largest absolute Gasteiger partial charge is 0.465 e. The molecular weight excluding hydrogens is 236 g/mol. The Balaban J connectivity index is 2.85. The molecule has 3 N–H and O–H groups in total. The Kier molecular flexibility index (Phi) is 4.98. The normalized spacial score (nSPS) is 9.67. The van der Waals surface area contributed by atoms with Gasteiger partial charge in [0.1, 0.15) is 0 Å². The molecule has 18 heavy (non-hydrogen) atoms. The van der Waals surface area contributed by atoms with Crippen molar-refractivity contribution in [1.29, 1.82) is 0 Å². The van der Waals surface area contributed by atoms with E-state index < -0.39 is 12.2 Å². The number of carboxylic acid groups (broad SMARTS) is 1. The zero-order valence-corrected chi connectivity index (χ0v) is 10.3. The van der Waals surface area contributed by atoms with Crippen LogP contribution in [-0.2, 0) is 4.74 Å². The highest BCUT2D eigenvalue weighted by atomic mass is 16.5. The molecule has 0 bridgehead atoms. The standard InChI is InChI=1S/C12H16N2O4/c1-3-7-18-12(17)14-10-8(2)5-4-6-9(10)13-11(15)16/h4-6,13H,3,7H2,1-2H3,(H,14,17)(H,15,16). The van der Waals surface area contributed by atoms with Crippen molar-refractivity contribution in [2.24, 2.45) is 0 Å². The summed E-state index contributed by atoms with van der Waals surface area (Å²) in [6.07, 6.45) is -1.06. The third kappa shape index (κ3) is 3.97. The van der Waals surface area contributed by atoms with Gasteiger partial charge in [0.25, 0.3) is 0 Å². The third-order valence-corrected chi connectivity index (χ3v) is 2.18. The smallest absolute Gasteiger partial charge is 0.411 e. The zero-order valence-electron chi connectivity index (χ0n) is 10.3. The van der Waals surface area contributed by atoms with Gasteiger partial charge < -0.3 is 9.84 Å². The summed E-state index contributed by atoms with van der Waals surface area (Å²) >= 11 is 0. The van der Waals surface area contributed by atoms with E-state index in [1.807, 2.05) is 6.92 Å². The number of hydrogen-bond donors (Lipinski definition) is 3. The van der Waals surface area contributed by atoms with Crippen LogP contribution in [0.5, 0.6) is 0 Å². The first kappa shape index (κ1) is 13.8. The van der Waals surface area contributed by atoms with Crippen LogP contribution in [-0.4, -0.2) is 23.9 Å². The first-order valence-corrected chi connectivity index (χ1v) is 5.58. The summed E-state index contributed by atoms with van der Waals surface area (Å²) in [5.74, 6) is 0. The molecule has 0 saturated heterocycles. The quantitative estimate of drug-likeness (QED) is 0.768. The molecule has 0 aliphatic carbocycles. The van der Waals surface area contributed by atoms with E-state index in [9.17, 15) is 9.59 Å². The van der Waals surface area contributed by atoms with E-state index in [4.69, 9.17) is 9.84 Å². The number of carbonyl (C=O) groups is 2. The van der Waals surface area contributed by atoms with Gasteiger partial charge in [0, 0.05) is 0 Å². The predicted octanol–water partition coefficient (Wildman–Crippen LogP) is 3.04. The van der Waals surface area contributed by atoms with Gasteiger partial charge in [0.2, 0.25) is 0 Å². The number of ether oxygens (including phenoxy) is 1. The second-order valence-electron chi connectivity index (χ2n) is 3.69. The molecule has 0 aliphatic rings. The maximum absolute atomic E-state index is 11.5. The summed E-state index contributed by atoms with van der Waals surface area (Å²) in [6, 6.07) is 5.03. The maximum atomic E-state index is 11.5. The van der Waals surface area contributed by atoms with Crippen LogP contribution in [0.1, 0.15) is 18.9 Å². The fourth-order valence-corrected chi connectivity index (χ4v) is 1.39. The average molecular weight is 252 g/mol. The molecule has 98 valence electrons. The number of rotatable bonds is 4. The number of anilines is 2. The third-order valence-electron chi connectivity index (χ3n) is 2.18. The molecule has 6 heteroatoms. The molecule has 0 atom stereocenters. The maximum Gasteiger partial charge on any atom is 0.411 e. The minimum Gasteiger partial charge on any atom is -0.465 e. The van der Waals surface area contributed by atoms with Crippen molar-refractivity contribution in [3.8, 4) is 0 Å². The van der Waals surface area contributed by atoms with E-state index in [0.717, 1.165) is 12.0 Å². The molecule has 0 saturated carbocycles. The summed E-state index contributed by atoms with van der Waals surface area (Å²) in [4.78, 5) is 22.1. The number of para-hydroxylation sites is 1. The second-order valence-corrected chi connectivity index (χ2v) is 3.69. The molecular formula is C12H16N2O4. The Morgan fingerprint density at radius 2 is 2.06 bits per heavy atom. The Hall–Kier alpha value is -2.24. The molecule has 1 aromatic carbocycles.